The fraction of sp³-hybridized carbons (Fsp3) is 0. The predicted molar refractivity (Wildman–Crippen MR) is 214 cm³/mol. The van der Waals surface area contributed by atoms with Gasteiger partial charge in [0, 0.05) is 38.0 Å². The van der Waals surface area contributed by atoms with E-state index < -0.39 is 0 Å². The maximum atomic E-state index is 6.91. The number of furan rings is 1. The molecule has 3 heterocycles. The van der Waals surface area contributed by atoms with Crippen LogP contribution in [0.5, 0.6) is 0 Å². The Kier molecular flexibility index (Phi) is 5.96. The fourth-order valence-electron chi connectivity index (χ4n) is 8.24. The monoisotopic (exact) mass is 650 g/mol. The van der Waals surface area contributed by atoms with Gasteiger partial charge in [-0.2, -0.15) is 0 Å². The summed E-state index contributed by atoms with van der Waals surface area (Å²) in [6.45, 7) is 0. The van der Waals surface area contributed by atoms with Crippen molar-refractivity contribution in [3.63, 3.8) is 0 Å². The Morgan fingerprint density at radius 3 is 1.69 bits per heavy atom. The van der Waals surface area contributed by atoms with E-state index in [1.54, 1.807) is 0 Å². The van der Waals surface area contributed by atoms with Gasteiger partial charge in [0.05, 0.1) is 27.9 Å². The highest BCUT2D eigenvalue weighted by atomic mass is 16.3. The van der Waals surface area contributed by atoms with Crippen molar-refractivity contribution in [2.75, 3.05) is 4.90 Å². The molecule has 11 aromatic rings. The number of rotatable bonds is 5. The first-order chi connectivity index (χ1) is 25.3. The number of anilines is 3. The SMILES string of the molecule is c1ccc(-c2ccc(N(c3cccc4c3oc3cc(-c5ccccc5)ccc34)c3cccc4c5cccc6c7ccccc7n(c34)c65)cc2)cc1. The first kappa shape index (κ1) is 28.0. The molecule has 0 saturated heterocycles. The van der Waals surface area contributed by atoms with Gasteiger partial charge < -0.3 is 13.7 Å². The number of fused-ring (bicyclic) bond motifs is 9. The van der Waals surface area contributed by atoms with E-state index in [0.717, 1.165) is 44.6 Å². The highest BCUT2D eigenvalue weighted by molar-refractivity contribution is 6.25. The zero-order valence-electron chi connectivity index (χ0n) is 27.6. The van der Waals surface area contributed by atoms with E-state index >= 15 is 0 Å². The predicted octanol–water partition coefficient (Wildman–Crippen LogP) is 13.5. The molecule has 0 atom stereocenters. The van der Waals surface area contributed by atoms with E-state index in [-0.39, 0.29) is 0 Å². The van der Waals surface area contributed by atoms with Gasteiger partial charge in [-0.05, 0) is 64.7 Å². The highest BCUT2D eigenvalue weighted by Gasteiger charge is 2.25. The normalized spacial score (nSPS) is 11.9. The van der Waals surface area contributed by atoms with E-state index in [0.29, 0.717) is 0 Å². The van der Waals surface area contributed by atoms with Crippen LogP contribution in [0.1, 0.15) is 0 Å². The molecule has 11 rings (SSSR count). The third kappa shape index (κ3) is 4.12. The van der Waals surface area contributed by atoms with Crippen LogP contribution in [0.25, 0.3) is 82.3 Å². The van der Waals surface area contributed by atoms with E-state index in [9.17, 15) is 0 Å². The molecular formula is C48H30N2O. The number of aromatic nitrogens is 1. The van der Waals surface area contributed by atoms with Crippen molar-refractivity contribution in [2.24, 2.45) is 0 Å². The molecule has 0 radical (unpaired) electrons. The first-order valence-electron chi connectivity index (χ1n) is 17.4. The molecule has 51 heavy (non-hydrogen) atoms. The molecule has 0 N–H and O–H groups in total. The Bertz CT molecular complexity index is 3060. The molecule has 238 valence electrons. The maximum Gasteiger partial charge on any atom is 0.159 e. The number of hydrogen-bond donors (Lipinski definition) is 0. The summed E-state index contributed by atoms with van der Waals surface area (Å²) in [6.07, 6.45) is 0. The lowest BCUT2D eigenvalue weighted by Gasteiger charge is -2.26. The highest BCUT2D eigenvalue weighted by Crippen LogP contribution is 2.48. The van der Waals surface area contributed by atoms with Gasteiger partial charge >= 0.3 is 0 Å². The second kappa shape index (κ2) is 10.8. The Morgan fingerprint density at radius 2 is 0.922 bits per heavy atom. The number of hydrogen-bond acceptors (Lipinski definition) is 2. The zero-order valence-corrected chi connectivity index (χ0v) is 27.6. The van der Waals surface area contributed by atoms with Crippen LogP contribution in [0, 0.1) is 0 Å². The van der Waals surface area contributed by atoms with Crippen molar-refractivity contribution in [2.45, 2.75) is 0 Å². The standard InChI is InChI=1S/C48H30N2O/c1-3-12-31(13-4-1)33-24-27-35(28-25-33)49(44-23-11-20-41-37-29-26-34(30-45(37)51-48(41)44)32-14-5-2-6-15-32)43-22-10-19-40-39-18-9-17-38-36-16-7-8-21-42(36)50(46(38)39)47(40)43/h1-30H. The Hall–Kier alpha value is -6.84. The summed E-state index contributed by atoms with van der Waals surface area (Å²) in [6, 6.07) is 65.3. The van der Waals surface area contributed by atoms with E-state index in [2.05, 4.69) is 191 Å². The third-order valence-electron chi connectivity index (χ3n) is 10.5. The molecule has 0 spiro atoms. The molecule has 0 bridgehead atoms. The number of para-hydroxylation sites is 4. The first-order valence-corrected chi connectivity index (χ1v) is 17.4. The van der Waals surface area contributed by atoms with Crippen LogP contribution in [0.3, 0.4) is 0 Å². The lowest BCUT2D eigenvalue weighted by Crippen LogP contribution is -2.11. The van der Waals surface area contributed by atoms with Crippen molar-refractivity contribution in [3.05, 3.63) is 182 Å². The summed E-state index contributed by atoms with van der Waals surface area (Å²) in [4.78, 5) is 2.39. The largest absolute Gasteiger partial charge is 0.454 e. The molecule has 3 heteroatoms. The van der Waals surface area contributed by atoms with Gasteiger partial charge in [0.1, 0.15) is 5.58 Å². The quantitative estimate of drug-likeness (QED) is 0.185. The Morgan fingerprint density at radius 1 is 0.373 bits per heavy atom. The van der Waals surface area contributed by atoms with Gasteiger partial charge in [-0.3, -0.25) is 0 Å². The molecule has 8 aromatic carbocycles. The minimum absolute atomic E-state index is 0.862. The van der Waals surface area contributed by atoms with E-state index in [1.165, 1.54) is 54.8 Å². The fourth-order valence-corrected chi connectivity index (χ4v) is 8.24. The van der Waals surface area contributed by atoms with Crippen molar-refractivity contribution in [1.29, 1.82) is 0 Å². The maximum absolute atomic E-state index is 6.91. The Balaban J connectivity index is 1.21. The minimum Gasteiger partial charge on any atom is -0.454 e. The third-order valence-corrected chi connectivity index (χ3v) is 10.5. The lowest BCUT2D eigenvalue weighted by molar-refractivity contribution is 0.669. The summed E-state index contributed by atoms with van der Waals surface area (Å²) >= 11 is 0. The van der Waals surface area contributed by atoms with Crippen molar-refractivity contribution in [3.8, 4) is 22.3 Å². The van der Waals surface area contributed by atoms with Gasteiger partial charge in [0.25, 0.3) is 0 Å². The average Bonchev–Trinajstić information content (AvgIpc) is 3.87. The molecule has 0 aliphatic carbocycles. The van der Waals surface area contributed by atoms with Crippen molar-refractivity contribution >= 4 is 77.1 Å². The summed E-state index contributed by atoms with van der Waals surface area (Å²) in [5.41, 5.74) is 13.2. The number of nitrogens with zero attached hydrogens (tertiary/aromatic N) is 2. The van der Waals surface area contributed by atoms with Gasteiger partial charge in [-0.1, -0.05) is 140 Å². The smallest absolute Gasteiger partial charge is 0.159 e. The molecule has 0 saturated carbocycles. The summed E-state index contributed by atoms with van der Waals surface area (Å²) in [5, 5.41) is 7.23. The zero-order chi connectivity index (χ0) is 33.5. The number of benzene rings is 8. The second-order valence-electron chi connectivity index (χ2n) is 13.3. The lowest BCUT2D eigenvalue weighted by atomic mass is 10.0. The van der Waals surface area contributed by atoms with Crippen LogP contribution in [0.4, 0.5) is 17.1 Å². The van der Waals surface area contributed by atoms with Gasteiger partial charge in [0.2, 0.25) is 0 Å². The molecular weight excluding hydrogens is 621 g/mol. The molecule has 0 unspecified atom stereocenters. The molecule has 0 amide bonds. The van der Waals surface area contributed by atoms with Crippen LogP contribution in [0.2, 0.25) is 0 Å². The van der Waals surface area contributed by atoms with E-state index in [4.69, 9.17) is 4.42 Å². The van der Waals surface area contributed by atoms with Crippen LogP contribution in [-0.2, 0) is 0 Å². The van der Waals surface area contributed by atoms with Crippen LogP contribution < -0.4 is 4.90 Å². The summed E-state index contributed by atoms with van der Waals surface area (Å²) in [5.74, 6) is 0. The summed E-state index contributed by atoms with van der Waals surface area (Å²) in [7, 11) is 0. The summed E-state index contributed by atoms with van der Waals surface area (Å²) < 4.78 is 9.38. The average molecular weight is 651 g/mol. The van der Waals surface area contributed by atoms with Crippen LogP contribution >= 0.6 is 0 Å². The minimum atomic E-state index is 0.862. The van der Waals surface area contributed by atoms with Crippen molar-refractivity contribution < 1.29 is 4.42 Å². The van der Waals surface area contributed by atoms with E-state index in [1.807, 2.05) is 0 Å². The van der Waals surface area contributed by atoms with Crippen LogP contribution in [0.15, 0.2) is 186 Å². The Labute approximate surface area is 294 Å². The van der Waals surface area contributed by atoms with Gasteiger partial charge in [-0.15, -0.1) is 0 Å². The molecule has 3 nitrogen and oxygen atoms in total. The second-order valence-corrected chi connectivity index (χ2v) is 13.3. The van der Waals surface area contributed by atoms with Gasteiger partial charge in [0.15, 0.2) is 5.58 Å². The molecule has 0 aliphatic rings. The topological polar surface area (TPSA) is 20.8 Å². The van der Waals surface area contributed by atoms with Crippen molar-refractivity contribution in [1.82, 2.24) is 4.40 Å². The van der Waals surface area contributed by atoms with Crippen LogP contribution in [-0.4, -0.2) is 4.40 Å². The molecule has 3 aromatic heterocycles. The molecule has 0 aliphatic heterocycles. The van der Waals surface area contributed by atoms with Gasteiger partial charge in [-0.25, -0.2) is 0 Å². The molecule has 0 fully saturated rings.